The van der Waals surface area contributed by atoms with Crippen LogP contribution in [0.25, 0.3) is 0 Å². The minimum atomic E-state index is -0.643. The molecule has 6 aliphatic rings. The summed E-state index contributed by atoms with van der Waals surface area (Å²) >= 11 is 0. The maximum Gasteiger partial charge on any atom is 0.246 e. The van der Waals surface area contributed by atoms with Crippen molar-refractivity contribution in [3.8, 4) is 11.5 Å². The van der Waals surface area contributed by atoms with E-state index in [1.165, 1.54) is 0 Å². The molecule has 6 N–H and O–H groups in total. The van der Waals surface area contributed by atoms with Crippen LogP contribution in [-0.2, 0) is 46.3 Å². The third kappa shape index (κ3) is 13.8. The van der Waals surface area contributed by atoms with Gasteiger partial charge in [-0.25, -0.2) is 0 Å². The largest absolute Gasteiger partial charge is 0.491 e. The highest BCUT2D eigenvalue weighted by Crippen LogP contribution is 2.38. The average Bonchev–Trinajstić information content (AvgIpc) is 4.15. The van der Waals surface area contributed by atoms with Crippen molar-refractivity contribution in [1.82, 2.24) is 41.7 Å². The van der Waals surface area contributed by atoms with E-state index in [0.717, 1.165) is 149 Å². The van der Waals surface area contributed by atoms with Gasteiger partial charge in [-0.15, -0.1) is 0 Å². The zero-order chi connectivity index (χ0) is 52.8. The van der Waals surface area contributed by atoms with Gasteiger partial charge in [-0.3, -0.25) is 28.8 Å². The zero-order valence-electron chi connectivity index (χ0n) is 45.2. The summed E-state index contributed by atoms with van der Waals surface area (Å²) in [5, 5.41) is 18.7. The smallest absolute Gasteiger partial charge is 0.246 e. The van der Waals surface area contributed by atoms with Gasteiger partial charge >= 0.3 is 0 Å². The van der Waals surface area contributed by atoms with E-state index >= 15 is 0 Å². The molecule has 0 bridgehead atoms. The number of carbonyl (C=O) groups is 6. The second kappa shape index (κ2) is 27.2. The summed E-state index contributed by atoms with van der Waals surface area (Å²) in [6.45, 7) is 5.97. The Balaban J connectivity index is 0.801. The van der Waals surface area contributed by atoms with E-state index in [0.29, 0.717) is 52.4 Å². The Labute approximate surface area is 444 Å². The molecular formula is C58H86N8O9. The van der Waals surface area contributed by atoms with Crippen LogP contribution in [0.5, 0.6) is 11.5 Å². The molecule has 412 valence electrons. The van der Waals surface area contributed by atoms with Crippen LogP contribution in [0.2, 0.25) is 0 Å². The molecule has 6 amide bonds. The van der Waals surface area contributed by atoms with Gasteiger partial charge in [-0.2, -0.15) is 0 Å². The molecule has 0 radical (unpaired) electrons. The molecule has 4 aliphatic carbocycles. The van der Waals surface area contributed by atoms with Crippen LogP contribution < -0.4 is 41.4 Å². The van der Waals surface area contributed by atoms with E-state index in [-0.39, 0.29) is 59.4 Å². The molecule has 2 saturated carbocycles. The maximum absolute atomic E-state index is 14.3. The minimum Gasteiger partial charge on any atom is -0.491 e. The molecule has 17 heteroatoms. The third-order valence-electron chi connectivity index (χ3n) is 17.2. The van der Waals surface area contributed by atoms with Crippen LogP contribution in [0, 0.1) is 11.8 Å². The van der Waals surface area contributed by atoms with E-state index in [9.17, 15) is 28.8 Å². The molecule has 2 heterocycles. The number of hydrogen-bond donors (Lipinski definition) is 6. The molecular weight excluding hydrogens is 953 g/mol. The number of benzene rings is 2. The lowest BCUT2D eigenvalue weighted by molar-refractivity contribution is -0.143. The van der Waals surface area contributed by atoms with Crippen LogP contribution in [0.15, 0.2) is 36.4 Å². The molecule has 2 aromatic rings. The van der Waals surface area contributed by atoms with E-state index in [4.69, 9.17) is 14.2 Å². The fraction of sp³-hybridized carbons (Fsp3) is 0.690. The Morgan fingerprint density at radius 1 is 0.520 bits per heavy atom. The van der Waals surface area contributed by atoms with Gasteiger partial charge in [-0.1, -0.05) is 62.8 Å². The number of carbonyl (C=O) groups excluding carboxylic acids is 6. The van der Waals surface area contributed by atoms with Crippen LogP contribution >= 0.6 is 0 Å². The lowest BCUT2D eigenvalue weighted by Gasteiger charge is -2.36. The van der Waals surface area contributed by atoms with Gasteiger partial charge in [0, 0.05) is 13.1 Å². The van der Waals surface area contributed by atoms with Crippen molar-refractivity contribution in [3.05, 3.63) is 58.7 Å². The number of likely N-dealkylation sites (tertiary alicyclic amines) is 2. The average molecular weight is 1040 g/mol. The summed E-state index contributed by atoms with van der Waals surface area (Å²) in [5.41, 5.74) is 4.23. The molecule has 8 rings (SSSR count). The highest BCUT2D eigenvalue weighted by Gasteiger charge is 2.44. The molecule has 2 aromatic carbocycles. The number of fused-ring (bicyclic) bond motifs is 2. The second-order valence-electron chi connectivity index (χ2n) is 22.0. The van der Waals surface area contributed by atoms with Crippen molar-refractivity contribution >= 4 is 35.4 Å². The van der Waals surface area contributed by atoms with Crippen LogP contribution in [0.3, 0.4) is 0 Å². The highest BCUT2D eigenvalue weighted by molar-refractivity contribution is 5.95. The summed E-state index contributed by atoms with van der Waals surface area (Å²) < 4.78 is 18.6. The van der Waals surface area contributed by atoms with Gasteiger partial charge in [0.05, 0.1) is 37.4 Å². The summed E-state index contributed by atoms with van der Waals surface area (Å²) in [7, 11) is 3.46. The Kier molecular flexibility index (Phi) is 20.3. The Morgan fingerprint density at radius 2 is 0.933 bits per heavy atom. The Hall–Kier alpha value is -5.26. The van der Waals surface area contributed by atoms with E-state index in [1.807, 2.05) is 24.3 Å². The minimum absolute atomic E-state index is 0.0566. The van der Waals surface area contributed by atoms with Crippen LogP contribution in [-0.4, -0.2) is 135 Å². The van der Waals surface area contributed by atoms with Gasteiger partial charge in [0.15, 0.2) is 0 Å². The van der Waals surface area contributed by atoms with Crippen molar-refractivity contribution < 1.29 is 43.0 Å². The predicted molar refractivity (Wildman–Crippen MR) is 286 cm³/mol. The molecule has 4 fully saturated rings. The summed E-state index contributed by atoms with van der Waals surface area (Å²) in [6.07, 6.45) is 17.6. The fourth-order valence-corrected chi connectivity index (χ4v) is 12.7. The van der Waals surface area contributed by atoms with Crippen molar-refractivity contribution in [1.29, 1.82) is 0 Å². The number of rotatable bonds is 22. The number of ether oxygens (including phenoxy) is 3. The molecule has 2 aliphatic heterocycles. The quantitative estimate of drug-likeness (QED) is 0.0815. The number of likely N-dealkylation sites (N-methyl/N-ethyl adjacent to an activating group) is 2. The Bertz CT molecular complexity index is 2130. The fourth-order valence-electron chi connectivity index (χ4n) is 12.7. The van der Waals surface area contributed by atoms with Gasteiger partial charge in [-0.05, 0) is 164 Å². The molecule has 0 spiro atoms. The van der Waals surface area contributed by atoms with E-state index < -0.39 is 36.3 Å². The summed E-state index contributed by atoms with van der Waals surface area (Å²) in [4.78, 5) is 86.3. The lowest BCUT2D eigenvalue weighted by Crippen LogP contribution is -2.58. The predicted octanol–water partition coefficient (Wildman–Crippen LogP) is 5.48. The summed E-state index contributed by atoms with van der Waals surface area (Å²) in [5.74, 6) is 0.679. The van der Waals surface area contributed by atoms with Gasteiger partial charge in [0.2, 0.25) is 35.4 Å². The molecule has 17 nitrogen and oxygen atoms in total. The van der Waals surface area contributed by atoms with Crippen molar-refractivity contribution in [2.75, 3.05) is 53.6 Å². The van der Waals surface area contributed by atoms with Crippen LogP contribution in [0.4, 0.5) is 0 Å². The first kappa shape index (κ1) is 56.0. The molecule has 0 aromatic heterocycles. The Morgan fingerprint density at radius 3 is 1.33 bits per heavy atom. The van der Waals surface area contributed by atoms with Crippen molar-refractivity contribution in [3.63, 3.8) is 0 Å². The van der Waals surface area contributed by atoms with Gasteiger partial charge < -0.3 is 55.9 Å². The highest BCUT2D eigenvalue weighted by atomic mass is 16.5. The maximum atomic E-state index is 14.3. The number of hydrogen-bond acceptors (Lipinski definition) is 11. The van der Waals surface area contributed by atoms with E-state index in [2.05, 4.69) is 44.0 Å². The molecule has 2 saturated heterocycles. The van der Waals surface area contributed by atoms with Crippen molar-refractivity contribution in [2.24, 2.45) is 11.8 Å². The zero-order valence-corrected chi connectivity index (χ0v) is 45.2. The molecule has 75 heavy (non-hydrogen) atoms. The molecule has 8 atom stereocenters. The third-order valence-corrected chi connectivity index (χ3v) is 17.2. The van der Waals surface area contributed by atoms with E-state index in [1.54, 1.807) is 37.7 Å². The van der Waals surface area contributed by atoms with Gasteiger partial charge in [0.25, 0.3) is 0 Å². The monoisotopic (exact) mass is 1040 g/mol. The number of nitrogens with one attached hydrogen (secondary N) is 6. The van der Waals surface area contributed by atoms with Crippen LogP contribution in [0.1, 0.15) is 164 Å². The van der Waals surface area contributed by atoms with Gasteiger partial charge in [0.1, 0.15) is 48.9 Å². The lowest BCUT2D eigenvalue weighted by atomic mass is 9.83. The SMILES string of the molecule is CN[C@@H](C)C(=O)N[C@H](C(=O)N1CCC[C@H]1C(=O)N[C@@H]1CCCc2c(OCCOCCOc3cccc4c3CCC[C@H]4NC(=O)[C@@H]3CCCN3C(=O)[C@@H](NC(=O)[C@H](C)NC)C3CCCCC3)cccc21)C1CCCCC1. The topological polar surface area (TPSA) is 209 Å². The normalized spacial score (nSPS) is 23.7. The second-order valence-corrected chi connectivity index (χ2v) is 22.0. The molecule has 0 unspecified atom stereocenters. The first-order chi connectivity index (χ1) is 36.5. The summed E-state index contributed by atoms with van der Waals surface area (Å²) in [6, 6.07) is 8.26. The van der Waals surface area contributed by atoms with Crippen molar-refractivity contribution in [2.45, 2.75) is 191 Å². The standard InChI is InChI=1S/C58H86N8O9/c1-37(59-3)53(67)63-51(39-17-7-5-8-18-39)57(71)65-31-15-27-47(65)55(69)61-45-25-11-23-43-41(45)21-13-29-49(43)74-35-33-73-34-36-75-50-30-14-22-42-44(50)24-12-26-46(42)62-56(70)48-28-16-32-66(48)58(72)52(40-19-9-6-10-20-40)64-54(68)38(2)60-4/h13-14,21-22,29-30,37-40,45-48,51-52,59-60H,5-12,15-20,23-28,31-36H2,1-4H3,(H,61,69)(H,62,70)(H,63,67)(H,64,68)/t37-,38-,45+,46+,47-,48-,51-,52-/m0/s1. The number of amides is 6. The first-order valence-corrected chi connectivity index (χ1v) is 28.7. The first-order valence-electron chi connectivity index (χ1n) is 28.7. The number of nitrogens with zero attached hydrogens (tertiary/aromatic N) is 2.